The molecule has 4 aromatic rings. The zero-order valence-electron chi connectivity index (χ0n) is 15.1. The number of halogens is 1. The first-order valence-corrected chi connectivity index (χ1v) is 9.08. The third-order valence-electron chi connectivity index (χ3n) is 4.23. The summed E-state index contributed by atoms with van der Waals surface area (Å²) in [6.07, 6.45) is 1.70. The van der Waals surface area contributed by atoms with Crippen molar-refractivity contribution in [3.63, 3.8) is 0 Å². The first kappa shape index (κ1) is 17.9. The molecule has 1 heterocycles. The summed E-state index contributed by atoms with van der Waals surface area (Å²) in [4.78, 5) is 9.31. The van der Waals surface area contributed by atoms with Crippen molar-refractivity contribution in [3.05, 3.63) is 83.4 Å². The highest BCUT2D eigenvalue weighted by molar-refractivity contribution is 6.33. The Morgan fingerprint density at radius 1 is 0.929 bits per heavy atom. The number of hydrogen-bond donors (Lipinski definition) is 1. The highest BCUT2D eigenvalue weighted by atomic mass is 35.5. The number of benzene rings is 3. The van der Waals surface area contributed by atoms with Crippen LogP contribution in [0.2, 0.25) is 5.02 Å². The number of methoxy groups -OCH3 is 1. The molecule has 0 spiro atoms. The van der Waals surface area contributed by atoms with E-state index in [4.69, 9.17) is 16.3 Å². The number of para-hydroxylation sites is 2. The van der Waals surface area contributed by atoms with Crippen LogP contribution in [0.5, 0.6) is 5.75 Å². The number of aromatic nitrogens is 2. The predicted molar refractivity (Wildman–Crippen MR) is 114 cm³/mol. The first-order chi connectivity index (χ1) is 13.8. The molecule has 0 saturated carbocycles. The number of nitrogens with zero attached hydrogens (tertiary/aromatic N) is 3. The Hall–Kier alpha value is -3.44. The quantitative estimate of drug-likeness (QED) is 0.367. The Morgan fingerprint density at radius 3 is 2.54 bits per heavy atom. The summed E-state index contributed by atoms with van der Waals surface area (Å²) < 4.78 is 5.35. The van der Waals surface area contributed by atoms with Crippen molar-refractivity contribution in [2.24, 2.45) is 5.10 Å². The van der Waals surface area contributed by atoms with Gasteiger partial charge in [0, 0.05) is 16.5 Å². The van der Waals surface area contributed by atoms with Crippen LogP contribution in [0.25, 0.3) is 22.3 Å². The lowest BCUT2D eigenvalue weighted by atomic mass is 10.2. The Morgan fingerprint density at radius 2 is 1.68 bits per heavy atom. The molecule has 138 valence electrons. The second-order valence-corrected chi connectivity index (χ2v) is 6.41. The lowest BCUT2D eigenvalue weighted by Crippen LogP contribution is -2.00. The van der Waals surface area contributed by atoms with Gasteiger partial charge in [-0.05, 0) is 36.4 Å². The molecule has 6 heteroatoms. The van der Waals surface area contributed by atoms with Gasteiger partial charge in [-0.2, -0.15) is 5.10 Å². The number of fused-ring (bicyclic) bond motifs is 1. The van der Waals surface area contributed by atoms with Crippen molar-refractivity contribution in [1.29, 1.82) is 0 Å². The van der Waals surface area contributed by atoms with Crippen molar-refractivity contribution in [2.45, 2.75) is 0 Å². The number of hydrazone groups is 1. The average molecular weight is 389 g/mol. The van der Waals surface area contributed by atoms with E-state index in [9.17, 15) is 0 Å². The van der Waals surface area contributed by atoms with Gasteiger partial charge in [0.1, 0.15) is 5.75 Å². The summed E-state index contributed by atoms with van der Waals surface area (Å²) in [5.74, 6) is 1.89. The molecule has 0 fully saturated rings. The molecule has 1 aromatic heterocycles. The summed E-state index contributed by atoms with van der Waals surface area (Å²) in [7, 11) is 1.63. The van der Waals surface area contributed by atoms with Gasteiger partial charge in [-0.25, -0.2) is 9.97 Å². The van der Waals surface area contributed by atoms with Crippen LogP contribution in [-0.2, 0) is 0 Å². The molecule has 0 unspecified atom stereocenters. The van der Waals surface area contributed by atoms with Gasteiger partial charge in [0.05, 0.1) is 23.9 Å². The van der Waals surface area contributed by atoms with E-state index in [1.165, 1.54) is 0 Å². The van der Waals surface area contributed by atoms with Crippen LogP contribution in [0.4, 0.5) is 5.82 Å². The van der Waals surface area contributed by atoms with E-state index in [-0.39, 0.29) is 0 Å². The highest BCUT2D eigenvalue weighted by Gasteiger charge is 2.11. The molecule has 0 amide bonds. The molecular weight excluding hydrogens is 372 g/mol. The van der Waals surface area contributed by atoms with E-state index in [0.29, 0.717) is 16.7 Å². The van der Waals surface area contributed by atoms with Crippen molar-refractivity contribution >= 4 is 34.5 Å². The maximum atomic E-state index is 6.34. The fourth-order valence-corrected chi connectivity index (χ4v) is 3.08. The number of anilines is 1. The van der Waals surface area contributed by atoms with E-state index >= 15 is 0 Å². The molecule has 0 saturated heterocycles. The Kier molecular flexibility index (Phi) is 5.17. The Balaban J connectivity index is 1.74. The lowest BCUT2D eigenvalue weighted by molar-refractivity contribution is 0.414. The summed E-state index contributed by atoms with van der Waals surface area (Å²) in [5, 5.41) is 5.82. The van der Waals surface area contributed by atoms with Gasteiger partial charge in [0.15, 0.2) is 11.6 Å². The second kappa shape index (κ2) is 8.06. The zero-order chi connectivity index (χ0) is 19.3. The van der Waals surface area contributed by atoms with Crippen LogP contribution in [0.15, 0.2) is 77.9 Å². The minimum atomic E-state index is 0.541. The van der Waals surface area contributed by atoms with Crippen LogP contribution >= 0.6 is 11.6 Å². The molecule has 28 heavy (non-hydrogen) atoms. The lowest BCUT2D eigenvalue weighted by Gasteiger charge is -2.09. The maximum absolute atomic E-state index is 6.34. The van der Waals surface area contributed by atoms with Crippen molar-refractivity contribution < 1.29 is 4.74 Å². The van der Waals surface area contributed by atoms with Crippen LogP contribution in [-0.4, -0.2) is 23.3 Å². The number of nitrogens with one attached hydrogen (secondary N) is 1. The topological polar surface area (TPSA) is 59.4 Å². The van der Waals surface area contributed by atoms with Gasteiger partial charge in [0.2, 0.25) is 0 Å². The summed E-state index contributed by atoms with van der Waals surface area (Å²) in [6.45, 7) is 0. The summed E-state index contributed by atoms with van der Waals surface area (Å²) in [5.41, 5.74) is 5.48. The summed E-state index contributed by atoms with van der Waals surface area (Å²) in [6, 6.07) is 22.9. The molecule has 0 aliphatic carbocycles. The second-order valence-electron chi connectivity index (χ2n) is 6.00. The van der Waals surface area contributed by atoms with Gasteiger partial charge in [0.25, 0.3) is 0 Å². The van der Waals surface area contributed by atoms with E-state index < -0.39 is 0 Å². The molecule has 4 rings (SSSR count). The van der Waals surface area contributed by atoms with Gasteiger partial charge < -0.3 is 4.74 Å². The Bertz CT molecular complexity index is 1160. The van der Waals surface area contributed by atoms with E-state index in [2.05, 4.69) is 20.5 Å². The zero-order valence-corrected chi connectivity index (χ0v) is 15.9. The molecule has 0 atom stereocenters. The molecule has 0 bridgehead atoms. The monoisotopic (exact) mass is 388 g/mol. The summed E-state index contributed by atoms with van der Waals surface area (Å²) >= 11 is 6.34. The van der Waals surface area contributed by atoms with E-state index in [0.717, 1.165) is 27.8 Å². The Labute approximate surface area is 167 Å². The first-order valence-electron chi connectivity index (χ1n) is 8.70. The molecule has 5 nitrogen and oxygen atoms in total. The fourth-order valence-electron chi connectivity index (χ4n) is 2.86. The highest BCUT2D eigenvalue weighted by Crippen LogP contribution is 2.29. The molecule has 1 N–H and O–H groups in total. The minimum Gasteiger partial charge on any atom is -0.496 e. The molecular formula is C22H17ClN4O. The predicted octanol–water partition coefficient (Wildman–Crippen LogP) is 5.40. The van der Waals surface area contributed by atoms with Crippen molar-refractivity contribution in [2.75, 3.05) is 12.5 Å². The molecule has 3 aromatic carbocycles. The van der Waals surface area contributed by atoms with Gasteiger partial charge in [-0.15, -0.1) is 0 Å². The third kappa shape index (κ3) is 3.66. The standard InChI is InChI=1S/C22H17ClN4O/c1-28-20-13-7-2-8-15(20)14-24-27-22-17-10-4-6-12-19(17)25-21(26-22)16-9-3-5-11-18(16)23/h2-14H,1H3,(H,25,26,27). The maximum Gasteiger partial charge on any atom is 0.163 e. The number of ether oxygens (including phenoxy) is 1. The van der Waals surface area contributed by atoms with Crippen LogP contribution in [0, 0.1) is 0 Å². The van der Waals surface area contributed by atoms with Crippen molar-refractivity contribution in [1.82, 2.24) is 9.97 Å². The van der Waals surface area contributed by atoms with E-state index in [1.807, 2.05) is 72.8 Å². The largest absolute Gasteiger partial charge is 0.496 e. The normalized spacial score (nSPS) is 11.1. The van der Waals surface area contributed by atoms with Crippen LogP contribution in [0.3, 0.4) is 0 Å². The number of hydrogen-bond acceptors (Lipinski definition) is 5. The molecule has 0 aliphatic heterocycles. The van der Waals surface area contributed by atoms with Gasteiger partial charge in [-0.1, -0.05) is 48.0 Å². The number of rotatable bonds is 5. The molecule has 0 aliphatic rings. The van der Waals surface area contributed by atoms with Crippen LogP contribution < -0.4 is 10.2 Å². The molecule has 0 radical (unpaired) electrons. The SMILES string of the molecule is COc1ccccc1C=NNc1nc(-c2ccccc2Cl)nc2ccccc12. The van der Waals surface area contributed by atoms with Gasteiger partial charge in [-0.3, -0.25) is 5.43 Å². The minimum absolute atomic E-state index is 0.541. The van der Waals surface area contributed by atoms with Crippen molar-refractivity contribution in [3.8, 4) is 17.1 Å². The van der Waals surface area contributed by atoms with E-state index in [1.54, 1.807) is 13.3 Å². The third-order valence-corrected chi connectivity index (χ3v) is 4.56. The average Bonchev–Trinajstić information content (AvgIpc) is 2.74. The van der Waals surface area contributed by atoms with Gasteiger partial charge >= 0.3 is 0 Å². The smallest absolute Gasteiger partial charge is 0.163 e. The van der Waals surface area contributed by atoms with Crippen LogP contribution in [0.1, 0.15) is 5.56 Å². The fraction of sp³-hybridized carbons (Fsp3) is 0.0455.